The molecule has 7 nitrogen and oxygen atoms in total. The monoisotopic (exact) mass is 371 g/mol. The second kappa shape index (κ2) is 9.17. The summed E-state index contributed by atoms with van der Waals surface area (Å²) < 4.78 is 34.2. The first-order valence-electron chi connectivity index (χ1n) is 8.31. The topological polar surface area (TPSA) is 93.1 Å². The summed E-state index contributed by atoms with van der Waals surface area (Å²) in [7, 11) is -1.32. The Balaban J connectivity index is 1.94. The molecular weight excluding hydrogens is 346 g/mol. The normalized spacial score (nSPS) is 19.2. The number of hydrogen-bond donors (Lipinski definition) is 1. The molecule has 1 unspecified atom stereocenters. The van der Waals surface area contributed by atoms with Crippen LogP contribution in [0.15, 0.2) is 24.3 Å². The van der Waals surface area contributed by atoms with Gasteiger partial charge in [0.2, 0.25) is 0 Å². The van der Waals surface area contributed by atoms with Crippen LogP contribution in [0, 0.1) is 0 Å². The number of carboxylic acids is 1. The summed E-state index contributed by atoms with van der Waals surface area (Å²) in [6.07, 6.45) is 1.43. The van der Waals surface area contributed by atoms with Gasteiger partial charge in [0.25, 0.3) is 0 Å². The van der Waals surface area contributed by atoms with Crippen LogP contribution >= 0.6 is 0 Å². The number of para-hydroxylation sites is 1. The predicted octanol–water partition coefficient (Wildman–Crippen LogP) is 1.29. The van der Waals surface area contributed by atoms with Gasteiger partial charge in [-0.1, -0.05) is 12.1 Å². The lowest BCUT2D eigenvalue weighted by atomic mass is 10.2. The molecule has 2 rings (SSSR count). The van der Waals surface area contributed by atoms with Gasteiger partial charge in [0.15, 0.2) is 9.84 Å². The minimum Gasteiger partial charge on any atom is -0.491 e. The first-order valence-corrected chi connectivity index (χ1v) is 10.1. The number of benzene rings is 1. The van der Waals surface area contributed by atoms with Crippen molar-refractivity contribution in [2.75, 3.05) is 44.9 Å². The van der Waals surface area contributed by atoms with Gasteiger partial charge in [-0.15, -0.1) is 0 Å². The second-order valence-corrected chi connectivity index (χ2v) is 8.32. The fourth-order valence-corrected chi connectivity index (χ4v) is 4.76. The lowest BCUT2D eigenvalue weighted by Crippen LogP contribution is -2.40. The third-order valence-electron chi connectivity index (χ3n) is 4.27. The molecule has 0 saturated carbocycles. The fourth-order valence-electron chi connectivity index (χ4n) is 2.99. The van der Waals surface area contributed by atoms with Crippen LogP contribution in [0.2, 0.25) is 0 Å². The average Bonchev–Trinajstić information content (AvgIpc) is 2.93. The Bertz CT molecular complexity index is 675. The molecule has 1 aliphatic rings. The highest BCUT2D eigenvalue weighted by Crippen LogP contribution is 2.20. The minimum absolute atomic E-state index is 0.0137. The predicted molar refractivity (Wildman–Crippen MR) is 94.0 cm³/mol. The molecule has 0 amide bonds. The zero-order chi connectivity index (χ0) is 18.3. The van der Waals surface area contributed by atoms with Crippen molar-refractivity contribution in [1.82, 2.24) is 4.90 Å². The van der Waals surface area contributed by atoms with E-state index in [9.17, 15) is 18.3 Å². The summed E-state index contributed by atoms with van der Waals surface area (Å²) in [5.41, 5.74) is 0.122. The van der Waals surface area contributed by atoms with E-state index in [0.29, 0.717) is 31.9 Å². The van der Waals surface area contributed by atoms with Crippen molar-refractivity contribution in [1.29, 1.82) is 0 Å². The van der Waals surface area contributed by atoms with Gasteiger partial charge >= 0.3 is 5.97 Å². The van der Waals surface area contributed by atoms with Crippen molar-refractivity contribution >= 4 is 15.8 Å². The van der Waals surface area contributed by atoms with Crippen LogP contribution in [0.3, 0.4) is 0 Å². The SMILES string of the molecule is COCCCN(CCOc1ccccc1C(=O)O)C1CCS(=O)(=O)C1. The maximum absolute atomic E-state index is 11.7. The van der Waals surface area contributed by atoms with Crippen molar-refractivity contribution < 1.29 is 27.8 Å². The van der Waals surface area contributed by atoms with Gasteiger partial charge in [-0.2, -0.15) is 0 Å². The highest BCUT2D eigenvalue weighted by Gasteiger charge is 2.31. The van der Waals surface area contributed by atoms with Crippen molar-refractivity contribution in [2.45, 2.75) is 18.9 Å². The van der Waals surface area contributed by atoms with Crippen LogP contribution in [0.25, 0.3) is 0 Å². The molecule has 0 bridgehead atoms. The highest BCUT2D eigenvalue weighted by atomic mass is 32.2. The van der Waals surface area contributed by atoms with E-state index < -0.39 is 15.8 Å². The molecular formula is C17H25NO6S. The van der Waals surface area contributed by atoms with E-state index in [1.165, 1.54) is 6.07 Å². The second-order valence-electron chi connectivity index (χ2n) is 6.09. The van der Waals surface area contributed by atoms with E-state index in [0.717, 1.165) is 13.0 Å². The van der Waals surface area contributed by atoms with Crippen molar-refractivity contribution in [3.05, 3.63) is 29.8 Å². The van der Waals surface area contributed by atoms with E-state index in [2.05, 4.69) is 4.90 Å². The first kappa shape index (κ1) is 19.7. The number of hydrogen-bond acceptors (Lipinski definition) is 6. The Morgan fingerprint density at radius 2 is 2.04 bits per heavy atom. The molecule has 1 aromatic carbocycles. The number of ether oxygens (including phenoxy) is 2. The smallest absolute Gasteiger partial charge is 0.339 e. The molecule has 1 heterocycles. The Labute approximate surface area is 148 Å². The number of aromatic carboxylic acids is 1. The van der Waals surface area contributed by atoms with Crippen LogP contribution in [0.5, 0.6) is 5.75 Å². The summed E-state index contributed by atoms with van der Waals surface area (Å²) in [5.74, 6) is -0.312. The standard InChI is InChI=1S/C17H25NO6S/c1-23-10-4-8-18(14-7-12-25(21,22)13-14)9-11-24-16-6-3-2-5-15(16)17(19)20/h2-3,5-6,14H,4,7-13H2,1H3,(H,19,20). The van der Waals surface area contributed by atoms with E-state index >= 15 is 0 Å². The number of nitrogens with zero attached hydrogens (tertiary/aromatic N) is 1. The number of carboxylic acid groups (broad SMARTS) is 1. The lowest BCUT2D eigenvalue weighted by Gasteiger charge is -2.28. The molecule has 0 spiro atoms. The van der Waals surface area contributed by atoms with Crippen molar-refractivity contribution in [3.63, 3.8) is 0 Å². The molecule has 140 valence electrons. The van der Waals surface area contributed by atoms with Gasteiger partial charge in [0.1, 0.15) is 17.9 Å². The van der Waals surface area contributed by atoms with Gasteiger partial charge in [-0.3, -0.25) is 4.90 Å². The molecule has 1 aromatic rings. The summed E-state index contributed by atoms with van der Waals surface area (Å²) in [5, 5.41) is 9.18. The van der Waals surface area contributed by atoms with Crippen LogP contribution in [0.1, 0.15) is 23.2 Å². The fraction of sp³-hybridized carbons (Fsp3) is 0.588. The molecule has 25 heavy (non-hydrogen) atoms. The van der Waals surface area contributed by atoms with E-state index in [1.807, 2.05) is 0 Å². The van der Waals surface area contributed by atoms with E-state index in [-0.39, 0.29) is 23.1 Å². The number of sulfone groups is 1. The summed E-state index contributed by atoms with van der Waals surface area (Å²) >= 11 is 0. The quantitative estimate of drug-likeness (QED) is 0.620. The molecule has 8 heteroatoms. The molecule has 1 fully saturated rings. The third-order valence-corrected chi connectivity index (χ3v) is 6.02. The van der Waals surface area contributed by atoms with Crippen LogP contribution in [0.4, 0.5) is 0 Å². The average molecular weight is 371 g/mol. The van der Waals surface area contributed by atoms with Gasteiger partial charge < -0.3 is 14.6 Å². The first-order chi connectivity index (χ1) is 11.9. The Morgan fingerprint density at radius 3 is 2.68 bits per heavy atom. The van der Waals surface area contributed by atoms with Crippen molar-refractivity contribution in [3.8, 4) is 5.75 Å². The molecule has 1 atom stereocenters. The summed E-state index contributed by atoms with van der Waals surface area (Å²) in [4.78, 5) is 13.3. The van der Waals surface area contributed by atoms with Gasteiger partial charge in [-0.25, -0.2) is 13.2 Å². The summed E-state index contributed by atoms with van der Waals surface area (Å²) in [6.45, 7) is 2.17. The highest BCUT2D eigenvalue weighted by molar-refractivity contribution is 7.91. The number of rotatable bonds is 10. The zero-order valence-corrected chi connectivity index (χ0v) is 15.2. The number of carbonyl (C=O) groups is 1. The molecule has 0 aromatic heterocycles. The van der Waals surface area contributed by atoms with E-state index in [4.69, 9.17) is 9.47 Å². The Hall–Kier alpha value is -1.64. The maximum Gasteiger partial charge on any atom is 0.339 e. The van der Waals surface area contributed by atoms with E-state index in [1.54, 1.807) is 25.3 Å². The molecule has 1 N–H and O–H groups in total. The van der Waals surface area contributed by atoms with Crippen LogP contribution in [-0.4, -0.2) is 75.4 Å². The maximum atomic E-state index is 11.7. The molecule has 0 radical (unpaired) electrons. The molecule has 1 saturated heterocycles. The number of methoxy groups -OCH3 is 1. The van der Waals surface area contributed by atoms with Gasteiger partial charge in [0.05, 0.1) is 11.5 Å². The van der Waals surface area contributed by atoms with Crippen LogP contribution < -0.4 is 4.74 Å². The zero-order valence-electron chi connectivity index (χ0n) is 14.4. The van der Waals surface area contributed by atoms with Crippen molar-refractivity contribution in [2.24, 2.45) is 0 Å². The third kappa shape index (κ3) is 5.98. The molecule has 1 aliphatic heterocycles. The van der Waals surface area contributed by atoms with Gasteiger partial charge in [0, 0.05) is 32.8 Å². The largest absolute Gasteiger partial charge is 0.491 e. The molecule has 0 aliphatic carbocycles. The summed E-state index contributed by atoms with van der Waals surface area (Å²) in [6, 6.07) is 6.48. The Morgan fingerprint density at radius 1 is 1.28 bits per heavy atom. The van der Waals surface area contributed by atoms with Gasteiger partial charge in [-0.05, 0) is 25.0 Å². The van der Waals surface area contributed by atoms with Crippen LogP contribution in [-0.2, 0) is 14.6 Å². The Kier molecular flexibility index (Phi) is 7.22. The minimum atomic E-state index is -2.96. The lowest BCUT2D eigenvalue weighted by molar-refractivity contribution is 0.0690.